The highest BCUT2D eigenvalue weighted by atomic mass is 14.7. The van der Waals surface area contributed by atoms with E-state index in [1.165, 1.54) is 33.4 Å². The molecule has 0 N–H and O–H groups in total. The lowest BCUT2D eigenvalue weighted by molar-refractivity contribution is 1.33. The molecule has 1 heterocycles. The summed E-state index contributed by atoms with van der Waals surface area (Å²) in [6.07, 6.45) is 1.83. The van der Waals surface area contributed by atoms with Gasteiger partial charge in [-0.2, -0.15) is 0 Å². The Labute approximate surface area is 155 Å². The summed E-state index contributed by atoms with van der Waals surface area (Å²) >= 11 is 0. The number of aromatic nitrogens is 1. The molecule has 0 amide bonds. The van der Waals surface area contributed by atoms with Gasteiger partial charge in [-0.25, -0.2) is 0 Å². The number of aryl methyl sites for hydroxylation is 2. The van der Waals surface area contributed by atoms with Crippen LogP contribution in [-0.4, -0.2) is 4.98 Å². The van der Waals surface area contributed by atoms with Gasteiger partial charge in [0, 0.05) is 11.8 Å². The minimum Gasteiger partial charge on any atom is -0.256 e. The summed E-state index contributed by atoms with van der Waals surface area (Å²) in [5, 5.41) is 0. The second kappa shape index (κ2) is 6.97. The smallest absolute Gasteiger partial charge is 0.0701 e. The maximum Gasteiger partial charge on any atom is 0.0701 e. The van der Waals surface area contributed by atoms with Crippen molar-refractivity contribution in [2.45, 2.75) is 13.8 Å². The Balaban J connectivity index is 1.61. The molecule has 0 aliphatic rings. The van der Waals surface area contributed by atoms with E-state index in [0.717, 1.165) is 11.3 Å². The molecule has 0 unspecified atom stereocenters. The number of benzene rings is 3. The summed E-state index contributed by atoms with van der Waals surface area (Å²) in [4.78, 5) is 4.41. The monoisotopic (exact) mass is 335 g/mol. The maximum absolute atomic E-state index is 4.41. The first kappa shape index (κ1) is 16.3. The van der Waals surface area contributed by atoms with E-state index in [2.05, 4.69) is 85.6 Å². The van der Waals surface area contributed by atoms with Crippen LogP contribution in [0.1, 0.15) is 11.1 Å². The fourth-order valence-corrected chi connectivity index (χ4v) is 3.36. The zero-order valence-electron chi connectivity index (χ0n) is 15.1. The van der Waals surface area contributed by atoms with Crippen molar-refractivity contribution in [3.63, 3.8) is 0 Å². The van der Waals surface area contributed by atoms with Crippen LogP contribution in [0.25, 0.3) is 33.5 Å². The van der Waals surface area contributed by atoms with Crippen LogP contribution >= 0.6 is 0 Å². The Bertz CT molecular complexity index is 994. The van der Waals surface area contributed by atoms with E-state index in [9.17, 15) is 0 Å². The lowest BCUT2D eigenvalue weighted by Crippen LogP contribution is -1.85. The van der Waals surface area contributed by atoms with Gasteiger partial charge >= 0.3 is 0 Å². The number of rotatable bonds is 3. The van der Waals surface area contributed by atoms with Crippen molar-refractivity contribution in [2.24, 2.45) is 0 Å². The van der Waals surface area contributed by atoms with E-state index in [-0.39, 0.29) is 0 Å². The first-order valence-corrected chi connectivity index (χ1v) is 8.90. The summed E-state index contributed by atoms with van der Waals surface area (Å²) in [6, 6.07) is 30.1. The quantitative estimate of drug-likeness (QED) is 0.406. The highest BCUT2D eigenvalue weighted by Gasteiger charge is 2.03. The molecule has 0 spiro atoms. The predicted molar refractivity (Wildman–Crippen MR) is 110 cm³/mol. The Morgan fingerprint density at radius 1 is 0.500 bits per heavy atom. The van der Waals surface area contributed by atoms with Gasteiger partial charge in [-0.3, -0.25) is 4.98 Å². The van der Waals surface area contributed by atoms with E-state index in [4.69, 9.17) is 0 Å². The Hall–Kier alpha value is -3.19. The van der Waals surface area contributed by atoms with Crippen LogP contribution in [0.5, 0.6) is 0 Å². The molecule has 0 fully saturated rings. The summed E-state index contributed by atoms with van der Waals surface area (Å²) < 4.78 is 0. The molecule has 0 radical (unpaired) electrons. The first-order chi connectivity index (χ1) is 12.7. The van der Waals surface area contributed by atoms with Gasteiger partial charge in [0.2, 0.25) is 0 Å². The van der Waals surface area contributed by atoms with E-state index in [1.54, 1.807) is 0 Å². The van der Waals surface area contributed by atoms with Crippen LogP contribution in [0.4, 0.5) is 0 Å². The molecular formula is C25H21N. The molecule has 4 aromatic rings. The summed E-state index contributed by atoms with van der Waals surface area (Å²) in [5.74, 6) is 0. The van der Waals surface area contributed by atoms with Crippen molar-refractivity contribution < 1.29 is 0 Å². The van der Waals surface area contributed by atoms with Crippen LogP contribution in [0.3, 0.4) is 0 Å². The van der Waals surface area contributed by atoms with Gasteiger partial charge in [-0.1, -0.05) is 83.9 Å². The van der Waals surface area contributed by atoms with E-state index < -0.39 is 0 Å². The molecule has 0 saturated heterocycles. The molecule has 126 valence electrons. The van der Waals surface area contributed by atoms with E-state index >= 15 is 0 Å². The summed E-state index contributed by atoms with van der Waals surface area (Å²) in [6.45, 7) is 4.29. The SMILES string of the molecule is Cc1cc(C)cc(-c2ccc(-c3ccc(-c4ccccn4)cc3)cc2)c1. The van der Waals surface area contributed by atoms with Crippen LogP contribution in [-0.2, 0) is 0 Å². The molecule has 0 atom stereocenters. The van der Waals surface area contributed by atoms with E-state index in [1.807, 2.05) is 24.4 Å². The Kier molecular flexibility index (Phi) is 4.37. The number of pyridine rings is 1. The topological polar surface area (TPSA) is 12.9 Å². The predicted octanol–water partition coefficient (Wildman–Crippen LogP) is 6.70. The van der Waals surface area contributed by atoms with Crippen LogP contribution in [0.15, 0.2) is 91.1 Å². The molecule has 1 nitrogen and oxygen atoms in total. The third-order valence-corrected chi connectivity index (χ3v) is 4.62. The first-order valence-electron chi connectivity index (χ1n) is 8.90. The molecule has 4 rings (SSSR count). The third kappa shape index (κ3) is 3.43. The zero-order chi connectivity index (χ0) is 17.9. The van der Waals surface area contributed by atoms with Crippen molar-refractivity contribution in [3.8, 4) is 33.5 Å². The highest BCUT2D eigenvalue weighted by Crippen LogP contribution is 2.27. The van der Waals surface area contributed by atoms with Crippen LogP contribution in [0, 0.1) is 13.8 Å². The van der Waals surface area contributed by atoms with Gasteiger partial charge in [0.25, 0.3) is 0 Å². The van der Waals surface area contributed by atoms with Gasteiger partial charge in [0.15, 0.2) is 0 Å². The standard InChI is InChI=1S/C25H21N/c1-18-15-19(2)17-24(16-18)22-8-6-20(7-9-22)21-10-12-23(13-11-21)25-5-3-4-14-26-25/h3-17H,1-2H3. The highest BCUT2D eigenvalue weighted by molar-refractivity contribution is 5.73. The Morgan fingerprint density at radius 3 is 1.50 bits per heavy atom. The summed E-state index contributed by atoms with van der Waals surface area (Å²) in [5.41, 5.74) is 9.72. The van der Waals surface area contributed by atoms with Crippen molar-refractivity contribution >= 4 is 0 Å². The second-order valence-corrected chi connectivity index (χ2v) is 6.75. The van der Waals surface area contributed by atoms with Crippen molar-refractivity contribution in [1.82, 2.24) is 4.98 Å². The fraction of sp³-hybridized carbons (Fsp3) is 0.0800. The fourth-order valence-electron chi connectivity index (χ4n) is 3.36. The Morgan fingerprint density at radius 2 is 1.00 bits per heavy atom. The minimum atomic E-state index is 1.00. The largest absolute Gasteiger partial charge is 0.256 e. The molecule has 1 heteroatoms. The van der Waals surface area contributed by atoms with Gasteiger partial charge in [-0.15, -0.1) is 0 Å². The van der Waals surface area contributed by atoms with Crippen molar-refractivity contribution in [3.05, 3.63) is 102 Å². The lowest BCUT2D eigenvalue weighted by atomic mass is 9.97. The van der Waals surface area contributed by atoms with Crippen molar-refractivity contribution in [1.29, 1.82) is 0 Å². The van der Waals surface area contributed by atoms with Gasteiger partial charge in [-0.05, 0) is 48.2 Å². The zero-order valence-corrected chi connectivity index (χ0v) is 15.1. The number of hydrogen-bond donors (Lipinski definition) is 0. The number of hydrogen-bond acceptors (Lipinski definition) is 1. The van der Waals surface area contributed by atoms with Gasteiger partial charge in [0.05, 0.1) is 5.69 Å². The second-order valence-electron chi connectivity index (χ2n) is 6.75. The molecule has 0 aliphatic carbocycles. The van der Waals surface area contributed by atoms with Crippen LogP contribution < -0.4 is 0 Å². The molecule has 0 bridgehead atoms. The van der Waals surface area contributed by atoms with Gasteiger partial charge < -0.3 is 0 Å². The van der Waals surface area contributed by atoms with Crippen molar-refractivity contribution in [2.75, 3.05) is 0 Å². The van der Waals surface area contributed by atoms with Gasteiger partial charge in [0.1, 0.15) is 0 Å². The molecule has 0 saturated carbocycles. The maximum atomic E-state index is 4.41. The molecule has 1 aromatic heterocycles. The third-order valence-electron chi connectivity index (χ3n) is 4.62. The molecule has 3 aromatic carbocycles. The molecule has 0 aliphatic heterocycles. The normalized spacial score (nSPS) is 10.7. The van der Waals surface area contributed by atoms with E-state index in [0.29, 0.717) is 0 Å². The molecule has 26 heavy (non-hydrogen) atoms. The van der Waals surface area contributed by atoms with Crippen LogP contribution in [0.2, 0.25) is 0 Å². The lowest BCUT2D eigenvalue weighted by Gasteiger charge is -2.08. The average Bonchev–Trinajstić information content (AvgIpc) is 2.68. The number of nitrogens with zero attached hydrogens (tertiary/aromatic N) is 1. The molecular weight excluding hydrogens is 314 g/mol. The summed E-state index contributed by atoms with van der Waals surface area (Å²) in [7, 11) is 0. The average molecular weight is 335 g/mol. The minimum absolute atomic E-state index is 1.00.